The Labute approximate surface area is 147 Å². The Bertz CT molecular complexity index is 808. The van der Waals surface area contributed by atoms with Gasteiger partial charge in [-0.25, -0.2) is 17.5 Å². The van der Waals surface area contributed by atoms with Crippen LogP contribution in [0.4, 0.5) is 4.39 Å². The smallest absolute Gasteiger partial charge is 0.243 e. The maximum Gasteiger partial charge on any atom is 0.243 e. The molecule has 2 rings (SSSR count). The largest absolute Gasteiger partial charge is 0.490 e. The van der Waals surface area contributed by atoms with Crippen LogP contribution in [0, 0.1) is 5.82 Å². The molecule has 136 valence electrons. The molecule has 0 saturated carbocycles. The van der Waals surface area contributed by atoms with Crippen molar-refractivity contribution in [2.24, 2.45) is 0 Å². The van der Waals surface area contributed by atoms with E-state index in [0.29, 0.717) is 31.1 Å². The van der Waals surface area contributed by atoms with Gasteiger partial charge in [0.05, 0.1) is 13.2 Å². The molecule has 2 aromatic carbocycles. The molecule has 5 nitrogen and oxygen atoms in total. The lowest BCUT2D eigenvalue weighted by atomic mass is 10.1. The molecule has 1 N–H and O–H groups in total. The molecule has 25 heavy (non-hydrogen) atoms. The number of ether oxygens (including phenoxy) is 2. The maximum atomic E-state index is 13.6. The fourth-order valence-corrected chi connectivity index (χ4v) is 3.43. The molecule has 0 aliphatic rings. The second-order valence-corrected chi connectivity index (χ2v) is 6.96. The van der Waals surface area contributed by atoms with Crippen LogP contribution in [-0.4, -0.2) is 28.2 Å². The van der Waals surface area contributed by atoms with E-state index in [-0.39, 0.29) is 11.4 Å². The first-order chi connectivity index (χ1) is 12.0. The summed E-state index contributed by atoms with van der Waals surface area (Å²) in [5.41, 5.74) is 0.892. The van der Waals surface area contributed by atoms with Crippen molar-refractivity contribution in [3.05, 3.63) is 53.8 Å². The van der Waals surface area contributed by atoms with Gasteiger partial charge in [-0.1, -0.05) is 18.2 Å². The van der Waals surface area contributed by atoms with Crippen molar-refractivity contribution in [2.75, 3.05) is 19.8 Å². The Balaban J connectivity index is 2.04. The number of rotatable bonds is 9. The molecular formula is C18H22FNO4S. The van der Waals surface area contributed by atoms with E-state index in [1.165, 1.54) is 18.2 Å². The summed E-state index contributed by atoms with van der Waals surface area (Å²) in [5, 5.41) is 0. The van der Waals surface area contributed by atoms with Crippen LogP contribution in [0.3, 0.4) is 0 Å². The van der Waals surface area contributed by atoms with Gasteiger partial charge in [0.2, 0.25) is 10.0 Å². The summed E-state index contributed by atoms with van der Waals surface area (Å²) in [6.07, 6.45) is 0.445. The average Bonchev–Trinajstić information content (AvgIpc) is 2.57. The lowest BCUT2D eigenvalue weighted by molar-refractivity contribution is 0.287. The van der Waals surface area contributed by atoms with Crippen molar-refractivity contribution in [1.82, 2.24) is 4.72 Å². The first-order valence-corrected chi connectivity index (χ1v) is 9.59. The van der Waals surface area contributed by atoms with E-state index in [1.807, 2.05) is 26.0 Å². The molecule has 0 unspecified atom stereocenters. The highest BCUT2D eigenvalue weighted by molar-refractivity contribution is 7.89. The lowest BCUT2D eigenvalue weighted by Crippen LogP contribution is -2.26. The zero-order chi connectivity index (χ0) is 18.3. The quantitative estimate of drug-likeness (QED) is 0.739. The minimum absolute atomic E-state index is 0.149. The third-order valence-corrected chi connectivity index (χ3v) is 4.93. The molecule has 0 bridgehead atoms. The minimum atomic E-state index is -3.88. The second kappa shape index (κ2) is 8.82. The highest BCUT2D eigenvalue weighted by Crippen LogP contribution is 2.28. The molecule has 0 aliphatic heterocycles. The molecule has 7 heteroatoms. The highest BCUT2D eigenvalue weighted by Gasteiger charge is 2.17. The van der Waals surface area contributed by atoms with Gasteiger partial charge in [0.15, 0.2) is 11.5 Å². The summed E-state index contributed by atoms with van der Waals surface area (Å²) in [6, 6.07) is 10.8. The lowest BCUT2D eigenvalue weighted by Gasteiger charge is -2.13. The highest BCUT2D eigenvalue weighted by atomic mass is 32.2. The fourth-order valence-electron chi connectivity index (χ4n) is 2.32. The third kappa shape index (κ3) is 5.17. The van der Waals surface area contributed by atoms with Crippen molar-refractivity contribution in [3.63, 3.8) is 0 Å². The van der Waals surface area contributed by atoms with Crippen LogP contribution in [0.1, 0.15) is 19.4 Å². The molecule has 0 aromatic heterocycles. The van der Waals surface area contributed by atoms with E-state index in [2.05, 4.69) is 4.72 Å². The topological polar surface area (TPSA) is 64.6 Å². The molecule has 0 spiro atoms. The van der Waals surface area contributed by atoms with Crippen LogP contribution >= 0.6 is 0 Å². The van der Waals surface area contributed by atoms with Crippen molar-refractivity contribution < 1.29 is 22.3 Å². The zero-order valence-electron chi connectivity index (χ0n) is 14.3. The second-order valence-electron chi connectivity index (χ2n) is 5.23. The van der Waals surface area contributed by atoms with E-state index in [1.54, 1.807) is 6.07 Å². The molecule has 0 heterocycles. The van der Waals surface area contributed by atoms with Crippen molar-refractivity contribution >= 4 is 10.0 Å². The van der Waals surface area contributed by atoms with Gasteiger partial charge in [0.1, 0.15) is 10.7 Å². The SMILES string of the molecule is CCOc1ccc(CCNS(=O)(=O)c2ccccc2F)cc1OCC. The van der Waals surface area contributed by atoms with Crippen LogP contribution in [0.5, 0.6) is 11.5 Å². The summed E-state index contributed by atoms with van der Waals surface area (Å²) in [4.78, 5) is -0.350. The van der Waals surface area contributed by atoms with Crippen LogP contribution in [0.15, 0.2) is 47.4 Å². The Kier molecular flexibility index (Phi) is 6.78. The van der Waals surface area contributed by atoms with Crippen LogP contribution in [0.2, 0.25) is 0 Å². The summed E-state index contributed by atoms with van der Waals surface area (Å²) < 4.78 is 51.4. The van der Waals surface area contributed by atoms with Gasteiger partial charge in [-0.3, -0.25) is 0 Å². The van der Waals surface area contributed by atoms with Gasteiger partial charge in [-0.05, 0) is 50.1 Å². The summed E-state index contributed by atoms with van der Waals surface area (Å²) in [6.45, 7) is 4.95. The number of halogens is 1. The van der Waals surface area contributed by atoms with Crippen LogP contribution < -0.4 is 14.2 Å². The van der Waals surface area contributed by atoms with Crippen molar-refractivity contribution in [3.8, 4) is 11.5 Å². The van der Waals surface area contributed by atoms with Crippen molar-refractivity contribution in [1.29, 1.82) is 0 Å². The summed E-state index contributed by atoms with van der Waals surface area (Å²) in [7, 11) is -3.88. The van der Waals surface area contributed by atoms with Gasteiger partial charge >= 0.3 is 0 Å². The van der Waals surface area contributed by atoms with Gasteiger partial charge in [-0.15, -0.1) is 0 Å². The standard InChI is InChI=1S/C18H22FNO4S/c1-3-23-16-10-9-14(13-17(16)24-4-2)11-12-20-25(21,22)18-8-6-5-7-15(18)19/h5-10,13,20H,3-4,11-12H2,1-2H3. The minimum Gasteiger partial charge on any atom is -0.490 e. The molecule has 0 radical (unpaired) electrons. The average molecular weight is 367 g/mol. The summed E-state index contributed by atoms with van der Waals surface area (Å²) >= 11 is 0. The first-order valence-electron chi connectivity index (χ1n) is 8.10. The normalized spacial score (nSPS) is 11.3. The Morgan fingerprint density at radius 2 is 1.68 bits per heavy atom. The van der Waals surface area contributed by atoms with Gasteiger partial charge < -0.3 is 9.47 Å². The molecule has 0 saturated heterocycles. The number of benzene rings is 2. The maximum absolute atomic E-state index is 13.6. The molecular weight excluding hydrogens is 345 g/mol. The predicted molar refractivity (Wildman–Crippen MR) is 94.1 cm³/mol. The fraction of sp³-hybridized carbons (Fsp3) is 0.333. The van der Waals surface area contributed by atoms with E-state index >= 15 is 0 Å². The molecule has 2 aromatic rings. The monoisotopic (exact) mass is 367 g/mol. The Morgan fingerprint density at radius 3 is 2.36 bits per heavy atom. The predicted octanol–water partition coefficient (Wildman–Crippen LogP) is 3.14. The van der Waals surface area contributed by atoms with Gasteiger partial charge in [0, 0.05) is 6.54 Å². The molecule has 0 amide bonds. The molecule has 0 atom stereocenters. The Morgan fingerprint density at radius 1 is 1.00 bits per heavy atom. The zero-order valence-corrected chi connectivity index (χ0v) is 15.1. The van der Waals surface area contributed by atoms with Gasteiger partial charge in [0.25, 0.3) is 0 Å². The Hall–Kier alpha value is -2.12. The van der Waals surface area contributed by atoms with E-state index in [9.17, 15) is 12.8 Å². The number of hydrogen-bond donors (Lipinski definition) is 1. The van der Waals surface area contributed by atoms with E-state index in [4.69, 9.17) is 9.47 Å². The van der Waals surface area contributed by atoms with E-state index < -0.39 is 15.8 Å². The number of nitrogens with one attached hydrogen (secondary N) is 1. The molecule has 0 fully saturated rings. The van der Waals surface area contributed by atoms with E-state index in [0.717, 1.165) is 11.6 Å². The number of sulfonamides is 1. The van der Waals surface area contributed by atoms with Crippen LogP contribution in [-0.2, 0) is 16.4 Å². The first kappa shape index (κ1) is 19.2. The van der Waals surface area contributed by atoms with Crippen molar-refractivity contribution in [2.45, 2.75) is 25.2 Å². The summed E-state index contributed by atoms with van der Waals surface area (Å²) in [5.74, 6) is 0.508. The third-order valence-electron chi connectivity index (χ3n) is 3.44. The molecule has 0 aliphatic carbocycles. The number of hydrogen-bond acceptors (Lipinski definition) is 4. The van der Waals surface area contributed by atoms with Gasteiger partial charge in [-0.2, -0.15) is 0 Å². The van der Waals surface area contributed by atoms with Crippen LogP contribution in [0.25, 0.3) is 0 Å².